The predicted octanol–water partition coefficient (Wildman–Crippen LogP) is 17.4. The lowest BCUT2D eigenvalue weighted by Gasteiger charge is -2.45. The van der Waals surface area contributed by atoms with E-state index < -0.39 is 0 Å². The zero-order valence-electron chi connectivity index (χ0n) is 49.9. The van der Waals surface area contributed by atoms with Crippen molar-refractivity contribution in [1.82, 2.24) is 4.57 Å². The van der Waals surface area contributed by atoms with Crippen molar-refractivity contribution in [3.8, 4) is 50.9 Å². The number of anilines is 6. The second-order valence-electron chi connectivity index (χ2n) is 26.3. The van der Waals surface area contributed by atoms with Gasteiger partial charge >= 0.3 is 0 Å². The molecule has 0 amide bonds. The molecule has 12 aromatic carbocycles. The van der Waals surface area contributed by atoms with Gasteiger partial charge < -0.3 is 28.3 Å². The van der Waals surface area contributed by atoms with Crippen LogP contribution in [0.15, 0.2) is 253 Å². The topological polar surface area (TPSA) is 43.0 Å². The molecular formula is C80H59B2N3O3. The van der Waals surface area contributed by atoms with Gasteiger partial charge in [0.2, 0.25) is 0 Å². The molecule has 6 heterocycles. The monoisotopic (exact) mass is 1130 g/mol. The number of hydrogen-bond acceptors (Lipinski definition) is 5. The average Bonchev–Trinajstić information content (AvgIpc) is 1.07. The fraction of sp³-hybridized carbons (Fsp3) is 0.100. The Morgan fingerprint density at radius 3 is 1.66 bits per heavy atom. The first-order valence-electron chi connectivity index (χ1n) is 30.8. The summed E-state index contributed by atoms with van der Waals surface area (Å²) in [5.41, 5.74) is 25.2. The van der Waals surface area contributed by atoms with E-state index in [-0.39, 0.29) is 24.3 Å². The van der Waals surface area contributed by atoms with Gasteiger partial charge in [-0.05, 0) is 109 Å². The van der Waals surface area contributed by atoms with E-state index in [1.807, 2.05) is 0 Å². The third-order valence-corrected chi connectivity index (χ3v) is 19.2. The molecule has 0 N–H and O–H groups in total. The van der Waals surface area contributed by atoms with Crippen LogP contribution in [0.1, 0.15) is 52.7 Å². The third kappa shape index (κ3) is 7.32. The zero-order chi connectivity index (χ0) is 58.9. The van der Waals surface area contributed by atoms with Gasteiger partial charge in [-0.3, -0.25) is 0 Å². The molecule has 18 rings (SSSR count). The summed E-state index contributed by atoms with van der Waals surface area (Å²) in [6, 6.07) is 91.6. The van der Waals surface area contributed by atoms with E-state index in [9.17, 15) is 0 Å². The Labute approximate surface area is 512 Å². The summed E-state index contributed by atoms with van der Waals surface area (Å²) in [7, 11) is 0. The van der Waals surface area contributed by atoms with E-state index in [0.717, 1.165) is 145 Å². The van der Waals surface area contributed by atoms with Crippen LogP contribution in [0.25, 0.3) is 71.7 Å². The van der Waals surface area contributed by atoms with Crippen molar-refractivity contribution in [3.63, 3.8) is 0 Å². The predicted molar refractivity (Wildman–Crippen MR) is 368 cm³/mol. The number of aromatic nitrogens is 1. The Bertz CT molecular complexity index is 5170. The number of furan rings is 1. The molecule has 0 radical (unpaired) electrons. The van der Waals surface area contributed by atoms with Crippen LogP contribution in [0.5, 0.6) is 23.0 Å². The second kappa shape index (κ2) is 18.5. The normalized spacial score (nSPS) is 13.7. The molecule has 88 heavy (non-hydrogen) atoms. The average molecular weight is 1130 g/mol. The Morgan fingerprint density at radius 1 is 0.352 bits per heavy atom. The summed E-state index contributed by atoms with van der Waals surface area (Å²) in [6.45, 7) is 13.3. The minimum atomic E-state index is -0.231. The van der Waals surface area contributed by atoms with Crippen molar-refractivity contribution in [2.24, 2.45) is 0 Å². The lowest BCUT2D eigenvalue weighted by Crippen LogP contribution is -2.64. The van der Waals surface area contributed by atoms with Crippen LogP contribution in [0.2, 0.25) is 0 Å². The first-order valence-corrected chi connectivity index (χ1v) is 30.8. The fourth-order valence-electron chi connectivity index (χ4n) is 15.1. The van der Waals surface area contributed by atoms with Gasteiger partial charge in [0.1, 0.15) is 34.2 Å². The van der Waals surface area contributed by atoms with Gasteiger partial charge in [-0.1, -0.05) is 224 Å². The van der Waals surface area contributed by atoms with E-state index in [1.165, 1.54) is 27.5 Å². The molecule has 0 spiro atoms. The SMILES string of the molecule is CC(C)(C)c1ccc(-c2cccc(-c3ccc(C(C)(C)C)cc3)c2N2c3cc4c(cc3B3c5ccccc5N(c5ccccc5)c5c3c2cc2oc3ccccc3c52)B2c3ccccc3Oc3c2c(cc2c3c3ccccc3n2-c2ccccc2)O4)cc1. The molecule has 418 valence electrons. The summed E-state index contributed by atoms with van der Waals surface area (Å²) in [4.78, 5) is 5.10. The van der Waals surface area contributed by atoms with E-state index in [1.54, 1.807) is 0 Å². The Hall–Kier alpha value is -10.4. The van der Waals surface area contributed by atoms with Gasteiger partial charge in [0.05, 0.1) is 33.2 Å². The van der Waals surface area contributed by atoms with Crippen molar-refractivity contribution in [2.45, 2.75) is 52.4 Å². The minimum Gasteiger partial charge on any atom is -0.458 e. The minimum absolute atomic E-state index is 0.0336. The van der Waals surface area contributed by atoms with Crippen LogP contribution in [0, 0.1) is 0 Å². The van der Waals surface area contributed by atoms with Crippen LogP contribution in [-0.2, 0) is 10.8 Å². The maximum atomic E-state index is 7.71. The molecular weight excluding hydrogens is 1070 g/mol. The summed E-state index contributed by atoms with van der Waals surface area (Å²) in [6.07, 6.45) is 0. The second-order valence-corrected chi connectivity index (χ2v) is 26.3. The Balaban J connectivity index is 0.989. The quantitative estimate of drug-likeness (QED) is 0.161. The summed E-state index contributed by atoms with van der Waals surface area (Å²) in [5, 5.41) is 4.36. The molecule has 0 saturated carbocycles. The molecule has 4 aliphatic rings. The maximum Gasteiger partial charge on any atom is 0.260 e. The molecule has 8 heteroatoms. The fourth-order valence-corrected chi connectivity index (χ4v) is 15.1. The molecule has 0 fully saturated rings. The molecule has 2 aromatic heterocycles. The summed E-state index contributed by atoms with van der Waals surface area (Å²) < 4.78 is 24.6. The van der Waals surface area contributed by atoms with Crippen molar-refractivity contribution < 1.29 is 13.9 Å². The van der Waals surface area contributed by atoms with E-state index in [2.05, 4.69) is 305 Å². The van der Waals surface area contributed by atoms with Gasteiger partial charge in [-0.2, -0.15) is 0 Å². The highest BCUT2D eigenvalue weighted by Gasteiger charge is 2.49. The van der Waals surface area contributed by atoms with Gasteiger partial charge in [0, 0.05) is 74.0 Å². The highest BCUT2D eigenvalue weighted by Crippen LogP contribution is 2.54. The first kappa shape index (κ1) is 50.9. The van der Waals surface area contributed by atoms with Crippen molar-refractivity contribution in [1.29, 1.82) is 0 Å². The highest BCUT2D eigenvalue weighted by atomic mass is 16.5. The molecule has 0 unspecified atom stereocenters. The number of ether oxygens (including phenoxy) is 2. The number of rotatable bonds is 5. The summed E-state index contributed by atoms with van der Waals surface area (Å²) in [5.74, 6) is 3.27. The third-order valence-electron chi connectivity index (χ3n) is 19.2. The van der Waals surface area contributed by atoms with Gasteiger partial charge in [-0.15, -0.1) is 0 Å². The van der Waals surface area contributed by atoms with Crippen molar-refractivity contribution in [3.05, 3.63) is 260 Å². The number of benzene rings is 12. The van der Waals surface area contributed by atoms with E-state index >= 15 is 0 Å². The standard InChI is InChI=1S/C80H59B2N3O3/c1-79(2,3)50-40-36-48(37-41-50)54-28-21-29-55(49-38-42-51(43-39-49)80(4,5)6)76(54)85-64-45-69-61(82-59-31-16-20-35-68(59)88-78-72-56-26-13-17-32-62(56)83(52-22-9-7-10-23-52)65(72)46-71(87-69)75(78)82)44-60(64)81-58-30-15-18-33-63(58)84(53-24-11-8-12-25-53)77-73-57-27-14-19-34-67(57)86-70(73)47-66(85)74(77)81/h7-47H,1-6H3. The lowest BCUT2D eigenvalue weighted by atomic mass is 9.30. The number of fused-ring (bicyclic) bond motifs is 16. The number of nitrogens with zero attached hydrogens (tertiary/aromatic N) is 3. The molecule has 4 aliphatic heterocycles. The van der Waals surface area contributed by atoms with Gasteiger partial charge in [0.25, 0.3) is 13.4 Å². The Kier molecular flexibility index (Phi) is 10.7. The molecule has 6 nitrogen and oxygen atoms in total. The molecule has 14 aromatic rings. The van der Waals surface area contributed by atoms with Gasteiger partial charge in [0.15, 0.2) is 0 Å². The largest absolute Gasteiger partial charge is 0.458 e. The first-order chi connectivity index (χ1) is 42.9. The van der Waals surface area contributed by atoms with Crippen LogP contribution in [0.3, 0.4) is 0 Å². The smallest absolute Gasteiger partial charge is 0.260 e. The lowest BCUT2D eigenvalue weighted by molar-refractivity contribution is 0.468. The van der Waals surface area contributed by atoms with Crippen molar-refractivity contribution >= 4 is 124 Å². The molecule has 0 atom stereocenters. The summed E-state index contributed by atoms with van der Waals surface area (Å²) >= 11 is 0. The van der Waals surface area contributed by atoms with Crippen LogP contribution >= 0.6 is 0 Å². The molecule has 0 bridgehead atoms. The molecule has 0 aliphatic carbocycles. The Morgan fingerprint density at radius 2 is 0.955 bits per heavy atom. The van der Waals surface area contributed by atoms with Crippen LogP contribution in [0.4, 0.5) is 34.1 Å². The van der Waals surface area contributed by atoms with E-state index in [4.69, 9.17) is 13.9 Å². The number of hydrogen-bond donors (Lipinski definition) is 0. The maximum absolute atomic E-state index is 7.71. The van der Waals surface area contributed by atoms with Crippen molar-refractivity contribution in [2.75, 3.05) is 9.80 Å². The highest BCUT2D eigenvalue weighted by molar-refractivity contribution is 7.02. The van der Waals surface area contributed by atoms with E-state index in [0.29, 0.717) is 0 Å². The van der Waals surface area contributed by atoms with Crippen LogP contribution < -0.4 is 52.1 Å². The van der Waals surface area contributed by atoms with Crippen LogP contribution in [-0.4, -0.2) is 18.0 Å². The molecule has 0 saturated heterocycles. The zero-order valence-corrected chi connectivity index (χ0v) is 49.9. The van der Waals surface area contributed by atoms with Gasteiger partial charge in [-0.25, -0.2) is 0 Å². The number of para-hydroxylation sites is 7.